The smallest absolute Gasteiger partial charge is 0.339 e. The Morgan fingerprint density at radius 2 is 1.76 bits per heavy atom. The van der Waals surface area contributed by atoms with E-state index in [0.717, 1.165) is 17.7 Å². The molecule has 0 aliphatic carbocycles. The molecule has 0 aliphatic heterocycles. The summed E-state index contributed by atoms with van der Waals surface area (Å²) >= 11 is 0. The Morgan fingerprint density at radius 3 is 2.36 bits per heavy atom. The number of carbonyl (C=O) groups excluding carboxylic acids is 1. The minimum absolute atomic E-state index is 0.129. The van der Waals surface area contributed by atoms with Crippen LogP contribution in [0.25, 0.3) is 0 Å². The molecular formula is C17H18O7S. The van der Waals surface area contributed by atoms with Gasteiger partial charge in [0.05, 0.1) is 12.2 Å². The predicted octanol–water partition coefficient (Wildman–Crippen LogP) is 2.74. The van der Waals surface area contributed by atoms with Crippen molar-refractivity contribution in [2.45, 2.75) is 25.2 Å². The van der Waals surface area contributed by atoms with E-state index in [4.69, 9.17) is 8.92 Å². The van der Waals surface area contributed by atoms with E-state index in [2.05, 4.69) is 0 Å². The number of ether oxygens (including phenoxy) is 1. The number of rotatable bonds is 6. The zero-order valence-corrected chi connectivity index (χ0v) is 14.5. The summed E-state index contributed by atoms with van der Waals surface area (Å²) in [5, 5.41) is 19.6. The fraction of sp³-hybridized carbons (Fsp3) is 0.235. The summed E-state index contributed by atoms with van der Waals surface area (Å²) in [4.78, 5) is 11.7. The summed E-state index contributed by atoms with van der Waals surface area (Å²) in [5.74, 6) is -2.82. The minimum Gasteiger partial charge on any atom is -0.504 e. The summed E-state index contributed by atoms with van der Waals surface area (Å²) in [5.41, 5.74) is 0.720. The summed E-state index contributed by atoms with van der Waals surface area (Å²) in [7, 11) is -4.25. The number of aromatic hydroxyl groups is 2. The van der Waals surface area contributed by atoms with Crippen LogP contribution in [0.5, 0.6) is 17.2 Å². The molecule has 134 valence electrons. The lowest BCUT2D eigenvalue weighted by Crippen LogP contribution is -2.11. The zero-order chi connectivity index (χ0) is 18.6. The van der Waals surface area contributed by atoms with Crippen molar-refractivity contribution in [3.8, 4) is 17.2 Å². The van der Waals surface area contributed by atoms with Crippen molar-refractivity contribution in [1.29, 1.82) is 0 Å². The van der Waals surface area contributed by atoms with Crippen LogP contribution >= 0.6 is 0 Å². The summed E-state index contributed by atoms with van der Waals surface area (Å²) in [6.45, 7) is 3.77. The van der Waals surface area contributed by atoms with E-state index in [-0.39, 0.29) is 17.1 Å². The van der Waals surface area contributed by atoms with Crippen molar-refractivity contribution >= 4 is 16.1 Å². The lowest BCUT2D eigenvalue weighted by Gasteiger charge is -2.11. The van der Waals surface area contributed by atoms with Crippen molar-refractivity contribution in [3.05, 3.63) is 47.5 Å². The molecule has 7 nitrogen and oxygen atoms in total. The lowest BCUT2D eigenvalue weighted by atomic mass is 10.2. The Balaban J connectivity index is 2.36. The van der Waals surface area contributed by atoms with Gasteiger partial charge in [0.1, 0.15) is 4.90 Å². The van der Waals surface area contributed by atoms with Crippen LogP contribution in [0.2, 0.25) is 0 Å². The maximum absolute atomic E-state index is 12.3. The van der Waals surface area contributed by atoms with Gasteiger partial charge in [-0.3, -0.25) is 0 Å². The molecule has 0 saturated carbocycles. The molecule has 25 heavy (non-hydrogen) atoms. The lowest BCUT2D eigenvalue weighted by molar-refractivity contribution is 0.0504. The molecule has 0 radical (unpaired) electrons. The van der Waals surface area contributed by atoms with E-state index in [1.54, 1.807) is 19.1 Å². The quantitative estimate of drug-likeness (QED) is 0.459. The molecule has 0 heterocycles. The summed E-state index contributed by atoms with van der Waals surface area (Å²) < 4.78 is 34.4. The molecule has 0 atom stereocenters. The second-order valence-corrected chi connectivity index (χ2v) is 6.87. The predicted molar refractivity (Wildman–Crippen MR) is 89.3 cm³/mol. The highest BCUT2D eigenvalue weighted by molar-refractivity contribution is 7.87. The van der Waals surface area contributed by atoms with Crippen LogP contribution in [-0.4, -0.2) is 31.2 Å². The first-order valence-electron chi connectivity index (χ1n) is 7.49. The maximum Gasteiger partial charge on any atom is 0.339 e. The molecule has 0 aromatic heterocycles. The second kappa shape index (κ2) is 7.43. The normalized spacial score (nSPS) is 11.1. The van der Waals surface area contributed by atoms with Crippen molar-refractivity contribution in [2.75, 3.05) is 6.61 Å². The van der Waals surface area contributed by atoms with Crippen LogP contribution in [0.15, 0.2) is 41.3 Å². The van der Waals surface area contributed by atoms with Crippen molar-refractivity contribution in [1.82, 2.24) is 0 Å². The third-order valence-corrected chi connectivity index (χ3v) is 4.49. The van der Waals surface area contributed by atoms with Gasteiger partial charge in [0, 0.05) is 6.07 Å². The first-order valence-corrected chi connectivity index (χ1v) is 8.89. The monoisotopic (exact) mass is 366 g/mol. The van der Waals surface area contributed by atoms with Gasteiger partial charge in [-0.25, -0.2) is 4.79 Å². The number of phenols is 2. The van der Waals surface area contributed by atoms with Crippen LogP contribution < -0.4 is 4.18 Å². The molecule has 8 heteroatoms. The largest absolute Gasteiger partial charge is 0.504 e. The summed E-state index contributed by atoms with van der Waals surface area (Å²) in [6, 6.07) is 7.84. The maximum atomic E-state index is 12.3. The molecular weight excluding hydrogens is 348 g/mol. The Labute approximate surface area is 145 Å². The minimum atomic E-state index is -4.25. The van der Waals surface area contributed by atoms with Gasteiger partial charge >= 0.3 is 16.1 Å². The van der Waals surface area contributed by atoms with Crippen LogP contribution in [0.4, 0.5) is 0 Å². The molecule has 0 spiro atoms. The third-order valence-electron chi connectivity index (χ3n) is 3.24. The number of hydrogen-bond acceptors (Lipinski definition) is 7. The van der Waals surface area contributed by atoms with E-state index in [1.807, 2.05) is 6.92 Å². The molecule has 2 N–H and O–H groups in total. The first-order chi connectivity index (χ1) is 11.7. The van der Waals surface area contributed by atoms with Crippen LogP contribution in [0.1, 0.15) is 29.3 Å². The third kappa shape index (κ3) is 4.42. The Morgan fingerprint density at radius 1 is 1.12 bits per heavy atom. The summed E-state index contributed by atoms with van der Waals surface area (Å²) in [6.07, 6.45) is 0.598. The molecule has 0 amide bonds. The first kappa shape index (κ1) is 18.6. The van der Waals surface area contributed by atoms with Gasteiger partial charge in [0.2, 0.25) is 5.75 Å². The second-order valence-electron chi connectivity index (χ2n) is 5.33. The molecule has 0 saturated heterocycles. The number of esters is 1. The number of benzene rings is 2. The van der Waals surface area contributed by atoms with E-state index in [0.29, 0.717) is 6.42 Å². The standard InChI is InChI=1S/C17H18O7S/c1-3-8-23-17(20)12-9-14(18)16(19)15(10-12)24-25(21,22)13-6-4-11(2)5-7-13/h4-7,9-10,18-19H,3,8H2,1-2H3. The van der Waals surface area contributed by atoms with Crippen LogP contribution in [-0.2, 0) is 14.9 Å². The Kier molecular flexibility index (Phi) is 5.53. The van der Waals surface area contributed by atoms with Crippen LogP contribution in [0, 0.1) is 6.92 Å². The van der Waals surface area contributed by atoms with Gasteiger partial charge in [-0.05, 0) is 31.5 Å². The van der Waals surface area contributed by atoms with Gasteiger partial charge in [-0.2, -0.15) is 8.42 Å². The molecule has 2 aromatic carbocycles. The van der Waals surface area contributed by atoms with Gasteiger partial charge in [-0.15, -0.1) is 0 Å². The highest BCUT2D eigenvalue weighted by Crippen LogP contribution is 2.38. The Bertz CT molecular complexity index is 871. The molecule has 0 fully saturated rings. The average molecular weight is 366 g/mol. The van der Waals surface area contributed by atoms with Gasteiger partial charge in [0.25, 0.3) is 0 Å². The number of hydrogen-bond donors (Lipinski definition) is 2. The van der Waals surface area contributed by atoms with Gasteiger partial charge < -0.3 is 19.1 Å². The molecule has 2 aromatic rings. The molecule has 0 bridgehead atoms. The van der Waals surface area contributed by atoms with Crippen molar-refractivity contribution in [2.24, 2.45) is 0 Å². The fourth-order valence-corrected chi connectivity index (χ4v) is 2.85. The van der Waals surface area contributed by atoms with E-state index >= 15 is 0 Å². The zero-order valence-electron chi connectivity index (χ0n) is 13.7. The number of phenolic OH excluding ortho intramolecular Hbond substituents is 2. The average Bonchev–Trinajstić information content (AvgIpc) is 2.56. The fourth-order valence-electron chi connectivity index (χ4n) is 1.92. The SMILES string of the molecule is CCCOC(=O)c1cc(O)c(O)c(OS(=O)(=O)c2ccc(C)cc2)c1. The number of carbonyl (C=O) groups is 1. The highest BCUT2D eigenvalue weighted by Gasteiger charge is 2.22. The van der Waals surface area contributed by atoms with Gasteiger partial charge in [0.15, 0.2) is 11.5 Å². The highest BCUT2D eigenvalue weighted by atomic mass is 32.2. The topological polar surface area (TPSA) is 110 Å². The molecule has 2 rings (SSSR count). The molecule has 0 aliphatic rings. The van der Waals surface area contributed by atoms with E-state index in [9.17, 15) is 23.4 Å². The van der Waals surface area contributed by atoms with Crippen molar-refractivity contribution < 1.29 is 32.3 Å². The molecule has 0 unspecified atom stereocenters. The van der Waals surface area contributed by atoms with Crippen molar-refractivity contribution in [3.63, 3.8) is 0 Å². The Hall–Kier alpha value is -2.74. The van der Waals surface area contributed by atoms with Crippen LogP contribution in [0.3, 0.4) is 0 Å². The van der Waals surface area contributed by atoms with E-state index in [1.165, 1.54) is 12.1 Å². The van der Waals surface area contributed by atoms with E-state index < -0.39 is 33.3 Å². The van der Waals surface area contributed by atoms with Gasteiger partial charge in [-0.1, -0.05) is 24.6 Å². The number of aryl methyl sites for hydroxylation is 1.